The van der Waals surface area contributed by atoms with Crippen LogP contribution in [0.2, 0.25) is 0 Å². The Balaban J connectivity index is 2.66. The number of rotatable bonds is 4. The number of hydrogen-bond donors (Lipinski definition) is 1. The molecule has 17 heavy (non-hydrogen) atoms. The van der Waals surface area contributed by atoms with Crippen LogP contribution in [0.4, 0.5) is 18.9 Å². The molecule has 0 unspecified atom stereocenters. The number of hydrogen-bond acceptors (Lipinski definition) is 4. The first-order valence-corrected chi connectivity index (χ1v) is 6.15. The van der Waals surface area contributed by atoms with Gasteiger partial charge in [-0.2, -0.15) is 0 Å². The number of nitrogen functional groups attached to an aromatic ring is 1. The van der Waals surface area contributed by atoms with E-state index in [1.807, 2.05) is 0 Å². The van der Waals surface area contributed by atoms with Gasteiger partial charge in [0.15, 0.2) is 9.84 Å². The van der Waals surface area contributed by atoms with E-state index in [-0.39, 0.29) is 4.90 Å². The molecule has 0 spiro atoms. The van der Waals surface area contributed by atoms with E-state index in [0.29, 0.717) is 5.69 Å². The summed E-state index contributed by atoms with van der Waals surface area (Å²) < 4.78 is 61.4. The van der Waals surface area contributed by atoms with Crippen molar-refractivity contribution in [2.45, 2.75) is 11.3 Å². The highest BCUT2D eigenvalue weighted by molar-refractivity contribution is 7.91. The van der Waals surface area contributed by atoms with Crippen LogP contribution in [0.25, 0.3) is 0 Å². The fourth-order valence-electron chi connectivity index (χ4n) is 1.06. The van der Waals surface area contributed by atoms with Crippen LogP contribution >= 0.6 is 0 Å². The molecule has 2 N–H and O–H groups in total. The van der Waals surface area contributed by atoms with E-state index < -0.39 is 28.6 Å². The van der Waals surface area contributed by atoms with E-state index in [1.165, 1.54) is 24.3 Å². The van der Waals surface area contributed by atoms with E-state index in [2.05, 4.69) is 4.74 Å². The van der Waals surface area contributed by atoms with Gasteiger partial charge in [0.25, 0.3) is 0 Å². The summed E-state index contributed by atoms with van der Waals surface area (Å²) in [5.41, 5.74) is 5.73. The molecule has 0 bridgehead atoms. The lowest BCUT2D eigenvalue weighted by Crippen LogP contribution is -2.20. The summed E-state index contributed by atoms with van der Waals surface area (Å²) in [6, 6.07) is 5.19. The number of halogens is 3. The molecule has 0 aliphatic heterocycles. The molecule has 4 nitrogen and oxygen atoms in total. The second-order valence-corrected chi connectivity index (χ2v) is 5.29. The second kappa shape index (κ2) is 4.92. The predicted octanol–water partition coefficient (Wildman–Crippen LogP) is 1.58. The van der Waals surface area contributed by atoms with Gasteiger partial charge in [-0.05, 0) is 24.3 Å². The molecule has 0 saturated carbocycles. The topological polar surface area (TPSA) is 69.4 Å². The highest BCUT2D eigenvalue weighted by Crippen LogP contribution is 2.18. The van der Waals surface area contributed by atoms with E-state index in [0.717, 1.165) is 0 Å². The highest BCUT2D eigenvalue weighted by atomic mass is 32.2. The number of anilines is 1. The summed E-state index contributed by atoms with van der Waals surface area (Å²) >= 11 is 0. The molecule has 1 aromatic rings. The van der Waals surface area contributed by atoms with Gasteiger partial charge in [0.2, 0.25) is 0 Å². The van der Waals surface area contributed by atoms with Crippen LogP contribution in [0.1, 0.15) is 0 Å². The van der Waals surface area contributed by atoms with Gasteiger partial charge in [-0.1, -0.05) is 0 Å². The first-order chi connectivity index (χ1) is 7.71. The molecule has 0 radical (unpaired) electrons. The molecular weight excluding hydrogens is 259 g/mol. The number of nitrogens with two attached hydrogens (primary N) is 1. The third-order valence-electron chi connectivity index (χ3n) is 1.86. The van der Waals surface area contributed by atoms with Gasteiger partial charge in [0.05, 0.1) is 17.3 Å². The van der Waals surface area contributed by atoms with Crippen LogP contribution in [0.15, 0.2) is 29.2 Å². The van der Waals surface area contributed by atoms with Crippen molar-refractivity contribution < 1.29 is 26.3 Å². The van der Waals surface area contributed by atoms with Crippen LogP contribution in [0.5, 0.6) is 0 Å². The average molecular weight is 269 g/mol. The molecule has 0 fully saturated rings. The molecule has 0 amide bonds. The van der Waals surface area contributed by atoms with Crippen molar-refractivity contribution in [3.8, 4) is 0 Å². The van der Waals surface area contributed by atoms with Crippen molar-refractivity contribution in [3.05, 3.63) is 24.3 Å². The Morgan fingerprint density at radius 1 is 1.18 bits per heavy atom. The minimum atomic E-state index is -4.82. The zero-order valence-corrected chi connectivity index (χ0v) is 9.38. The molecule has 96 valence electrons. The minimum Gasteiger partial charge on any atom is -0.399 e. The summed E-state index contributed by atoms with van der Waals surface area (Å²) in [5.74, 6) is -0.740. The summed E-state index contributed by atoms with van der Waals surface area (Å²) in [6.45, 7) is -0.934. The highest BCUT2D eigenvalue weighted by Gasteiger charge is 2.29. The Morgan fingerprint density at radius 3 is 2.18 bits per heavy atom. The van der Waals surface area contributed by atoms with E-state index in [9.17, 15) is 21.6 Å². The Labute approximate surface area is 96.1 Å². The smallest absolute Gasteiger partial charge is 0.399 e. The third kappa shape index (κ3) is 4.61. The maximum atomic E-state index is 11.7. The standard InChI is InChI=1S/C9H10F3NO3S/c10-9(11,12)16-5-6-17(14,15)8-3-1-7(13)2-4-8/h1-4H,5-6,13H2. The van der Waals surface area contributed by atoms with Gasteiger partial charge in [0, 0.05) is 5.69 Å². The van der Waals surface area contributed by atoms with Crippen molar-refractivity contribution in [1.29, 1.82) is 0 Å². The zero-order valence-electron chi connectivity index (χ0n) is 8.57. The molecule has 0 heterocycles. The van der Waals surface area contributed by atoms with Gasteiger partial charge < -0.3 is 5.73 Å². The summed E-state index contributed by atoms with van der Waals surface area (Å²) in [4.78, 5) is -0.0857. The van der Waals surface area contributed by atoms with Gasteiger partial charge in [-0.3, -0.25) is 4.74 Å². The van der Waals surface area contributed by atoms with Crippen LogP contribution in [0.3, 0.4) is 0 Å². The molecule has 0 aromatic heterocycles. The number of sulfone groups is 1. The lowest BCUT2D eigenvalue weighted by molar-refractivity contribution is -0.322. The van der Waals surface area contributed by atoms with Crippen molar-refractivity contribution in [2.75, 3.05) is 18.1 Å². The second-order valence-electron chi connectivity index (χ2n) is 3.18. The quantitative estimate of drug-likeness (QED) is 0.842. The monoisotopic (exact) mass is 269 g/mol. The van der Waals surface area contributed by atoms with E-state index in [4.69, 9.17) is 5.73 Å². The molecule has 8 heteroatoms. The average Bonchev–Trinajstić information content (AvgIpc) is 2.15. The molecule has 1 rings (SSSR count). The normalized spacial score (nSPS) is 12.6. The molecule has 0 aliphatic carbocycles. The summed E-state index contributed by atoms with van der Waals surface area (Å²) in [7, 11) is -3.78. The Morgan fingerprint density at radius 2 is 1.71 bits per heavy atom. The number of benzene rings is 1. The van der Waals surface area contributed by atoms with Crippen LogP contribution < -0.4 is 5.73 Å². The zero-order chi connectivity index (χ0) is 13.1. The maximum absolute atomic E-state index is 11.7. The molecular formula is C9H10F3NO3S. The first kappa shape index (κ1) is 13.8. The fourth-order valence-corrected chi connectivity index (χ4v) is 2.15. The SMILES string of the molecule is Nc1ccc(S(=O)(=O)CCOC(F)(F)F)cc1. The molecule has 0 aliphatic rings. The van der Waals surface area contributed by atoms with Gasteiger partial charge in [0.1, 0.15) is 0 Å². The molecule has 1 aromatic carbocycles. The van der Waals surface area contributed by atoms with Crippen molar-refractivity contribution in [3.63, 3.8) is 0 Å². The molecule has 0 atom stereocenters. The largest absolute Gasteiger partial charge is 0.522 e. The lowest BCUT2D eigenvalue weighted by Gasteiger charge is -2.08. The molecule has 0 saturated heterocycles. The summed E-state index contributed by atoms with van der Waals surface area (Å²) in [6.07, 6.45) is -4.82. The first-order valence-electron chi connectivity index (χ1n) is 4.50. The Bertz CT molecular complexity index is 467. The summed E-state index contributed by atoms with van der Waals surface area (Å²) in [5, 5.41) is 0. The van der Waals surface area contributed by atoms with Gasteiger partial charge >= 0.3 is 6.36 Å². The van der Waals surface area contributed by atoms with Crippen LogP contribution in [0, 0.1) is 0 Å². The van der Waals surface area contributed by atoms with Crippen molar-refractivity contribution in [1.82, 2.24) is 0 Å². The lowest BCUT2D eigenvalue weighted by atomic mass is 10.3. The number of alkyl halides is 3. The van der Waals surface area contributed by atoms with Crippen molar-refractivity contribution in [2.24, 2.45) is 0 Å². The van der Waals surface area contributed by atoms with Crippen molar-refractivity contribution >= 4 is 15.5 Å². The van der Waals surface area contributed by atoms with Gasteiger partial charge in [-0.15, -0.1) is 13.2 Å². The minimum absolute atomic E-state index is 0.0857. The Hall–Kier alpha value is -1.28. The maximum Gasteiger partial charge on any atom is 0.522 e. The van der Waals surface area contributed by atoms with E-state index >= 15 is 0 Å². The Kier molecular flexibility index (Phi) is 3.99. The van der Waals surface area contributed by atoms with Crippen LogP contribution in [-0.4, -0.2) is 27.1 Å². The van der Waals surface area contributed by atoms with Gasteiger partial charge in [-0.25, -0.2) is 8.42 Å². The van der Waals surface area contributed by atoms with E-state index in [1.54, 1.807) is 0 Å². The number of ether oxygens (including phenoxy) is 1. The van der Waals surface area contributed by atoms with Crippen LogP contribution in [-0.2, 0) is 14.6 Å². The predicted molar refractivity (Wildman–Crippen MR) is 54.9 cm³/mol. The fraction of sp³-hybridized carbons (Fsp3) is 0.333. The third-order valence-corrected chi connectivity index (χ3v) is 3.55.